The van der Waals surface area contributed by atoms with Gasteiger partial charge in [-0.2, -0.15) is 0 Å². The first-order valence-electron chi connectivity index (χ1n) is 18.1. The second-order valence-corrected chi connectivity index (χ2v) is 15.0. The Bertz CT molecular complexity index is 2010. The van der Waals surface area contributed by atoms with Crippen molar-refractivity contribution in [3.8, 4) is 16.9 Å². The van der Waals surface area contributed by atoms with Crippen molar-refractivity contribution in [1.82, 2.24) is 19.7 Å². The molecule has 2 aromatic carbocycles. The Morgan fingerprint density at radius 1 is 1.08 bits per heavy atom. The number of amides is 3. The van der Waals surface area contributed by atoms with E-state index in [1.54, 1.807) is 35.3 Å². The number of nitrogens with zero attached hydrogens (tertiary/aromatic N) is 4. The fourth-order valence-corrected chi connectivity index (χ4v) is 8.30. The van der Waals surface area contributed by atoms with E-state index < -0.39 is 24.4 Å². The number of aryl methyl sites for hydroxylation is 1. The smallest absolute Gasteiger partial charge is 0.263 e. The van der Waals surface area contributed by atoms with Crippen molar-refractivity contribution in [2.45, 2.75) is 69.5 Å². The lowest BCUT2D eigenvalue weighted by Crippen LogP contribution is -2.50. The number of benzene rings is 2. The largest absolute Gasteiger partial charge is 0.496 e. The fraction of sp³-hybridized carbons (Fsp3) is 0.462. The van der Waals surface area contributed by atoms with Gasteiger partial charge in [0.2, 0.25) is 17.7 Å². The van der Waals surface area contributed by atoms with Crippen LogP contribution in [0, 0.1) is 5.92 Å². The maximum absolute atomic E-state index is 15.7. The molecular weight excluding hydrogens is 706 g/mol. The van der Waals surface area contributed by atoms with Gasteiger partial charge in [0, 0.05) is 90.8 Å². The Hall–Kier alpha value is -4.62. The minimum atomic E-state index is -3.07. The van der Waals surface area contributed by atoms with Crippen molar-refractivity contribution in [2.75, 3.05) is 38.6 Å². The van der Waals surface area contributed by atoms with Gasteiger partial charge in [-0.05, 0) is 73.5 Å². The standard InChI is InChI=1S/C39H43ClF2N6O5/c1-46-20-30(28-18-43-19-29(28)38(46)52)25-15-32(40)31(34(16-25)53-2)21-47-12-11-26(39(41,42)22-47)17-36(50)48-13-9-24(10-14-48)23-3-5-27(6-4-23)44-33-7-8-35(49)45-37(33)51/h3-6,15-16,18,20,24,26,33,44H,7-14,17,19,21-22H2,1-2H3,(H,45,49,51). The van der Waals surface area contributed by atoms with Crippen LogP contribution in [-0.2, 0) is 34.5 Å². The molecule has 280 valence electrons. The van der Waals surface area contributed by atoms with Crippen molar-refractivity contribution >= 4 is 41.2 Å². The van der Waals surface area contributed by atoms with Gasteiger partial charge in [-0.1, -0.05) is 23.7 Å². The van der Waals surface area contributed by atoms with Gasteiger partial charge in [-0.15, -0.1) is 0 Å². The van der Waals surface area contributed by atoms with Gasteiger partial charge in [0.1, 0.15) is 11.8 Å². The molecule has 4 aliphatic heterocycles. The minimum Gasteiger partial charge on any atom is -0.496 e. The molecule has 11 nitrogen and oxygen atoms in total. The molecule has 0 bridgehead atoms. The molecule has 7 rings (SSSR count). The summed E-state index contributed by atoms with van der Waals surface area (Å²) in [7, 11) is 3.20. The highest BCUT2D eigenvalue weighted by molar-refractivity contribution is 6.32. The zero-order valence-corrected chi connectivity index (χ0v) is 30.6. The van der Waals surface area contributed by atoms with Crippen LogP contribution < -0.4 is 20.9 Å². The number of hydrogen-bond donors (Lipinski definition) is 2. The molecule has 3 fully saturated rings. The average Bonchev–Trinajstić information content (AvgIpc) is 3.64. The highest BCUT2D eigenvalue weighted by Gasteiger charge is 2.46. The number of carbonyl (C=O) groups is 3. The van der Waals surface area contributed by atoms with E-state index in [0.717, 1.165) is 40.8 Å². The van der Waals surface area contributed by atoms with E-state index in [4.69, 9.17) is 16.3 Å². The maximum Gasteiger partial charge on any atom is 0.263 e. The Balaban J connectivity index is 0.924. The van der Waals surface area contributed by atoms with Crippen molar-refractivity contribution in [1.29, 1.82) is 0 Å². The van der Waals surface area contributed by atoms with Crippen LogP contribution in [0.15, 0.2) is 52.4 Å². The van der Waals surface area contributed by atoms with Gasteiger partial charge in [0.15, 0.2) is 0 Å². The van der Waals surface area contributed by atoms with Crippen LogP contribution in [0.3, 0.4) is 0 Å². The average molecular weight is 749 g/mol. The van der Waals surface area contributed by atoms with Crippen LogP contribution in [-0.4, -0.2) is 83.6 Å². The van der Waals surface area contributed by atoms with Crippen molar-refractivity contribution in [3.05, 3.63) is 80.2 Å². The summed E-state index contributed by atoms with van der Waals surface area (Å²) in [5.41, 5.74) is 5.29. The summed E-state index contributed by atoms with van der Waals surface area (Å²) in [6.07, 6.45) is 5.63. The number of methoxy groups -OCH3 is 1. The van der Waals surface area contributed by atoms with Gasteiger partial charge in [0.05, 0.1) is 20.2 Å². The zero-order chi connectivity index (χ0) is 37.4. The van der Waals surface area contributed by atoms with Gasteiger partial charge in [-0.3, -0.25) is 34.4 Å². The molecule has 2 unspecified atom stereocenters. The molecule has 0 radical (unpaired) electrons. The summed E-state index contributed by atoms with van der Waals surface area (Å²) < 4.78 is 38.5. The van der Waals surface area contributed by atoms with E-state index in [9.17, 15) is 19.2 Å². The number of piperidine rings is 3. The number of fused-ring (bicyclic) bond motifs is 1. The van der Waals surface area contributed by atoms with Gasteiger partial charge in [0.25, 0.3) is 11.5 Å². The molecule has 1 aromatic heterocycles. The first kappa shape index (κ1) is 36.7. The number of aliphatic imine (C=N–C) groups is 1. The molecule has 14 heteroatoms. The molecule has 0 spiro atoms. The van der Waals surface area contributed by atoms with Gasteiger partial charge in [-0.25, -0.2) is 8.78 Å². The zero-order valence-electron chi connectivity index (χ0n) is 29.8. The fourth-order valence-electron chi connectivity index (χ4n) is 8.03. The van der Waals surface area contributed by atoms with E-state index >= 15 is 8.78 Å². The highest BCUT2D eigenvalue weighted by atomic mass is 35.5. The first-order valence-corrected chi connectivity index (χ1v) is 18.4. The Morgan fingerprint density at radius 2 is 1.83 bits per heavy atom. The second-order valence-electron chi connectivity index (χ2n) is 14.5. The molecule has 5 heterocycles. The summed E-state index contributed by atoms with van der Waals surface area (Å²) in [4.78, 5) is 57.0. The third-order valence-electron chi connectivity index (χ3n) is 11.1. The summed E-state index contributed by atoms with van der Waals surface area (Å²) in [6, 6.07) is 11.0. The van der Waals surface area contributed by atoms with Crippen LogP contribution in [0.25, 0.3) is 11.1 Å². The summed E-state index contributed by atoms with van der Waals surface area (Å²) in [5.74, 6) is -4.23. The number of anilines is 1. The lowest BCUT2D eigenvalue weighted by atomic mass is 9.87. The molecule has 3 aromatic rings. The minimum absolute atomic E-state index is 0.103. The summed E-state index contributed by atoms with van der Waals surface area (Å²) >= 11 is 6.79. The number of pyridine rings is 1. The van der Waals surface area contributed by atoms with Crippen molar-refractivity contribution in [3.63, 3.8) is 0 Å². The summed E-state index contributed by atoms with van der Waals surface area (Å²) in [5, 5.41) is 5.91. The van der Waals surface area contributed by atoms with Crippen LogP contribution in [0.4, 0.5) is 14.5 Å². The van der Waals surface area contributed by atoms with E-state index in [-0.39, 0.29) is 48.6 Å². The third-order valence-corrected chi connectivity index (χ3v) is 11.4. The van der Waals surface area contributed by atoms with E-state index in [0.29, 0.717) is 60.9 Å². The Labute approximate surface area is 311 Å². The molecule has 0 aliphatic carbocycles. The molecule has 0 saturated carbocycles. The van der Waals surface area contributed by atoms with Crippen LogP contribution in [0.5, 0.6) is 5.75 Å². The number of halogens is 3. The molecule has 2 N–H and O–H groups in total. The predicted molar refractivity (Wildman–Crippen MR) is 198 cm³/mol. The first-order chi connectivity index (χ1) is 25.4. The molecule has 2 atom stereocenters. The number of alkyl halides is 2. The number of hydrogen-bond acceptors (Lipinski definition) is 8. The van der Waals surface area contributed by atoms with Gasteiger partial charge >= 0.3 is 0 Å². The van der Waals surface area contributed by atoms with Crippen molar-refractivity contribution < 1.29 is 27.9 Å². The van der Waals surface area contributed by atoms with Gasteiger partial charge < -0.3 is 19.5 Å². The Morgan fingerprint density at radius 3 is 2.53 bits per heavy atom. The lowest BCUT2D eigenvalue weighted by Gasteiger charge is -2.39. The third kappa shape index (κ3) is 7.73. The number of likely N-dealkylation sites (tertiary alicyclic amines) is 2. The van der Waals surface area contributed by atoms with Crippen molar-refractivity contribution in [2.24, 2.45) is 18.0 Å². The van der Waals surface area contributed by atoms with Crippen LogP contribution in [0.1, 0.15) is 66.7 Å². The molecule has 3 amide bonds. The van der Waals surface area contributed by atoms with Crippen LogP contribution in [0.2, 0.25) is 5.02 Å². The number of carbonyl (C=O) groups excluding carboxylic acids is 3. The molecule has 3 saturated heterocycles. The quantitative estimate of drug-likeness (QED) is 0.291. The number of rotatable bonds is 9. The number of imide groups is 1. The number of nitrogens with one attached hydrogen (secondary N) is 2. The highest BCUT2D eigenvalue weighted by Crippen LogP contribution is 2.40. The monoisotopic (exact) mass is 748 g/mol. The lowest BCUT2D eigenvalue weighted by molar-refractivity contribution is -0.146. The second kappa shape index (κ2) is 15.0. The molecule has 53 heavy (non-hydrogen) atoms. The SMILES string of the molecule is COc1cc(-c2cn(C)c(=O)c3c2C=NC3)cc(Cl)c1CN1CCC(CC(=O)N2CCC(c3ccc(NC4CCC(=O)NC4=O)cc3)CC2)C(F)(F)C1. The van der Waals surface area contributed by atoms with Crippen LogP contribution >= 0.6 is 11.6 Å². The predicted octanol–water partition coefficient (Wildman–Crippen LogP) is 5.12. The number of aromatic nitrogens is 1. The van der Waals surface area contributed by atoms with E-state index in [1.165, 1.54) is 11.7 Å². The Kier molecular flexibility index (Phi) is 10.4. The normalized spacial score (nSPS) is 21.7. The topological polar surface area (TPSA) is 125 Å². The molecule has 4 aliphatic rings. The number of ether oxygens (including phenoxy) is 1. The molecular formula is C39H43ClF2N6O5. The maximum atomic E-state index is 15.7. The van der Waals surface area contributed by atoms with E-state index in [2.05, 4.69) is 15.6 Å². The van der Waals surface area contributed by atoms with E-state index in [1.807, 2.05) is 30.3 Å². The summed E-state index contributed by atoms with van der Waals surface area (Å²) in [6.45, 7) is 1.38.